The number of benzene rings is 2. The largest absolute Gasteiger partial charge is 0.337 e. The van der Waals surface area contributed by atoms with E-state index in [-0.39, 0.29) is 11.4 Å². The number of carbonyl (C=O) groups is 1. The highest BCUT2D eigenvalue weighted by Gasteiger charge is 2.44. The highest BCUT2D eigenvalue weighted by atomic mass is 32.2. The summed E-state index contributed by atoms with van der Waals surface area (Å²) < 4.78 is 27.0. The molecule has 2 N–H and O–H groups in total. The van der Waals surface area contributed by atoms with Gasteiger partial charge in [-0.25, -0.2) is 13.2 Å². The number of carbonyl (C=O) groups excluding carboxylic acids is 1. The summed E-state index contributed by atoms with van der Waals surface area (Å²) in [5, 5.41) is 5.84. The zero-order chi connectivity index (χ0) is 21.0. The summed E-state index contributed by atoms with van der Waals surface area (Å²) in [6.45, 7) is 2.16. The number of hydrogen-bond donors (Lipinski definition) is 2. The molecule has 2 aromatic carbocycles. The quantitative estimate of drug-likeness (QED) is 0.711. The molecule has 4 rings (SSSR count). The average molecular weight is 428 g/mol. The highest BCUT2D eigenvalue weighted by molar-refractivity contribution is 7.89. The zero-order valence-electron chi connectivity index (χ0n) is 17.1. The van der Waals surface area contributed by atoms with Crippen LogP contribution in [0.15, 0.2) is 59.5 Å². The van der Waals surface area contributed by atoms with Crippen molar-refractivity contribution in [2.75, 3.05) is 19.6 Å². The van der Waals surface area contributed by atoms with Gasteiger partial charge in [0, 0.05) is 31.6 Å². The van der Waals surface area contributed by atoms with Gasteiger partial charge < -0.3 is 10.6 Å². The van der Waals surface area contributed by atoms with E-state index in [1.807, 2.05) is 18.2 Å². The number of amides is 2. The van der Waals surface area contributed by atoms with Crippen LogP contribution in [0.3, 0.4) is 0 Å². The number of nitrogens with zero attached hydrogens (tertiary/aromatic N) is 1. The lowest BCUT2D eigenvalue weighted by Crippen LogP contribution is -2.39. The summed E-state index contributed by atoms with van der Waals surface area (Å²) in [5.41, 5.74) is 2.21. The molecule has 30 heavy (non-hydrogen) atoms. The van der Waals surface area contributed by atoms with Gasteiger partial charge in [-0.3, -0.25) is 0 Å². The Balaban J connectivity index is 1.27. The van der Waals surface area contributed by atoms with Crippen LogP contribution < -0.4 is 10.6 Å². The predicted molar refractivity (Wildman–Crippen MR) is 117 cm³/mol. The lowest BCUT2D eigenvalue weighted by Gasteiger charge is -2.25. The van der Waals surface area contributed by atoms with E-state index in [1.54, 1.807) is 28.6 Å². The Bertz CT molecular complexity index is 965. The van der Waals surface area contributed by atoms with Gasteiger partial charge in [0.05, 0.1) is 4.90 Å². The fourth-order valence-corrected chi connectivity index (χ4v) is 5.56. The molecular formula is C23H29N3O3S. The predicted octanol–water partition coefficient (Wildman–Crippen LogP) is 3.39. The third-order valence-corrected chi connectivity index (χ3v) is 8.07. The van der Waals surface area contributed by atoms with Crippen LogP contribution >= 0.6 is 0 Å². The average Bonchev–Trinajstić information content (AvgIpc) is 3.59. The molecule has 1 heterocycles. The van der Waals surface area contributed by atoms with Crippen LogP contribution in [0.1, 0.15) is 43.2 Å². The normalized spacial score (nSPS) is 18.5. The number of nitrogens with one attached hydrogen (secondary N) is 2. The Labute approximate surface area is 178 Å². The van der Waals surface area contributed by atoms with Crippen LogP contribution in [-0.2, 0) is 22.0 Å². The van der Waals surface area contributed by atoms with Crippen LogP contribution in [0.25, 0.3) is 0 Å². The zero-order valence-corrected chi connectivity index (χ0v) is 18.0. The van der Waals surface area contributed by atoms with Crippen molar-refractivity contribution >= 4 is 16.1 Å². The van der Waals surface area contributed by atoms with E-state index >= 15 is 0 Å². The lowest BCUT2D eigenvalue weighted by atomic mass is 9.96. The first-order chi connectivity index (χ1) is 14.5. The summed E-state index contributed by atoms with van der Waals surface area (Å²) in [6.07, 6.45) is 5.10. The number of rotatable bonds is 7. The second kappa shape index (κ2) is 8.78. The molecule has 160 valence electrons. The number of piperidine rings is 1. The Morgan fingerprint density at radius 1 is 0.900 bits per heavy atom. The minimum Gasteiger partial charge on any atom is -0.337 e. The second-order valence-electron chi connectivity index (χ2n) is 8.29. The maximum atomic E-state index is 12.7. The molecule has 2 aromatic rings. The number of hydrogen-bond acceptors (Lipinski definition) is 3. The van der Waals surface area contributed by atoms with Crippen LogP contribution in [0.5, 0.6) is 0 Å². The second-order valence-corrected chi connectivity index (χ2v) is 10.2. The summed E-state index contributed by atoms with van der Waals surface area (Å²) >= 11 is 0. The van der Waals surface area contributed by atoms with E-state index in [1.165, 1.54) is 5.56 Å². The molecule has 6 nitrogen and oxygen atoms in total. The van der Waals surface area contributed by atoms with E-state index in [2.05, 4.69) is 22.8 Å². The van der Waals surface area contributed by atoms with Crippen LogP contribution in [0, 0.1) is 0 Å². The Morgan fingerprint density at radius 2 is 1.57 bits per heavy atom. The SMILES string of the molecule is O=C(NCc1ccc(S(=O)(=O)N2CCCCC2)cc1)NCC1(c2ccccc2)CC1. The van der Waals surface area contributed by atoms with Gasteiger partial charge in [0.1, 0.15) is 0 Å². The van der Waals surface area contributed by atoms with Gasteiger partial charge >= 0.3 is 6.03 Å². The molecular weight excluding hydrogens is 398 g/mol. The van der Waals surface area contributed by atoms with E-state index in [4.69, 9.17) is 0 Å². The van der Waals surface area contributed by atoms with Crippen molar-refractivity contribution in [3.05, 3.63) is 65.7 Å². The van der Waals surface area contributed by atoms with E-state index in [9.17, 15) is 13.2 Å². The molecule has 1 aliphatic carbocycles. The monoisotopic (exact) mass is 427 g/mol. The molecule has 1 saturated heterocycles. The van der Waals surface area contributed by atoms with Crippen LogP contribution in [0.4, 0.5) is 4.79 Å². The van der Waals surface area contributed by atoms with Crippen LogP contribution in [-0.4, -0.2) is 38.4 Å². The Kier molecular flexibility index (Phi) is 6.11. The highest BCUT2D eigenvalue weighted by Crippen LogP contribution is 2.47. The smallest absolute Gasteiger partial charge is 0.315 e. The van der Waals surface area contributed by atoms with Gasteiger partial charge in [-0.1, -0.05) is 48.9 Å². The van der Waals surface area contributed by atoms with E-state index < -0.39 is 10.0 Å². The first kappa shape index (κ1) is 20.9. The molecule has 0 radical (unpaired) electrons. The van der Waals surface area contributed by atoms with E-state index in [0.29, 0.717) is 31.1 Å². The van der Waals surface area contributed by atoms with Crippen LogP contribution in [0.2, 0.25) is 0 Å². The van der Waals surface area contributed by atoms with Gasteiger partial charge in [-0.2, -0.15) is 4.31 Å². The van der Waals surface area contributed by atoms with Gasteiger partial charge in [-0.05, 0) is 48.9 Å². The van der Waals surface area contributed by atoms with Crippen molar-refractivity contribution in [2.24, 2.45) is 0 Å². The first-order valence-corrected chi connectivity index (χ1v) is 12.1. The third-order valence-electron chi connectivity index (χ3n) is 6.16. The molecule has 1 aliphatic heterocycles. The van der Waals surface area contributed by atoms with Gasteiger partial charge in [0.25, 0.3) is 0 Å². The Morgan fingerprint density at radius 3 is 2.20 bits per heavy atom. The molecule has 0 spiro atoms. The fraction of sp³-hybridized carbons (Fsp3) is 0.435. The summed E-state index contributed by atoms with van der Waals surface area (Å²) in [6, 6.07) is 16.9. The van der Waals surface area contributed by atoms with Gasteiger partial charge in [0.15, 0.2) is 0 Å². The molecule has 7 heteroatoms. The summed E-state index contributed by atoms with van der Waals surface area (Å²) in [5.74, 6) is 0. The summed E-state index contributed by atoms with van der Waals surface area (Å²) in [4.78, 5) is 12.5. The lowest BCUT2D eigenvalue weighted by molar-refractivity contribution is 0.239. The van der Waals surface area contributed by atoms with Crippen molar-refractivity contribution in [3.63, 3.8) is 0 Å². The van der Waals surface area contributed by atoms with Crippen molar-refractivity contribution in [1.29, 1.82) is 0 Å². The molecule has 2 amide bonds. The number of urea groups is 1. The maximum absolute atomic E-state index is 12.7. The molecule has 2 fully saturated rings. The van der Waals surface area contributed by atoms with Crippen molar-refractivity contribution < 1.29 is 13.2 Å². The summed E-state index contributed by atoms with van der Waals surface area (Å²) in [7, 11) is -3.42. The standard InChI is InChI=1S/C23H29N3O3S/c27-22(25-18-23(13-14-23)20-7-3-1-4-8-20)24-17-19-9-11-21(12-10-19)30(28,29)26-15-5-2-6-16-26/h1,3-4,7-12H,2,5-6,13-18H2,(H2,24,25,27). The van der Waals surface area contributed by atoms with Gasteiger partial charge in [-0.15, -0.1) is 0 Å². The molecule has 2 aliphatic rings. The van der Waals surface area contributed by atoms with Crippen molar-refractivity contribution in [3.8, 4) is 0 Å². The topological polar surface area (TPSA) is 78.5 Å². The van der Waals surface area contributed by atoms with Crippen molar-refractivity contribution in [2.45, 2.75) is 49.0 Å². The molecule has 0 aromatic heterocycles. The molecule has 0 bridgehead atoms. The molecule has 1 saturated carbocycles. The Hall–Kier alpha value is -2.38. The van der Waals surface area contributed by atoms with Crippen molar-refractivity contribution in [1.82, 2.24) is 14.9 Å². The van der Waals surface area contributed by atoms with Gasteiger partial charge in [0.2, 0.25) is 10.0 Å². The molecule has 0 atom stereocenters. The third kappa shape index (κ3) is 4.68. The minimum absolute atomic E-state index is 0.0725. The molecule has 0 unspecified atom stereocenters. The maximum Gasteiger partial charge on any atom is 0.315 e. The number of sulfonamides is 1. The van der Waals surface area contributed by atoms with E-state index in [0.717, 1.165) is 37.7 Å². The first-order valence-electron chi connectivity index (χ1n) is 10.7. The minimum atomic E-state index is -3.42. The fourth-order valence-electron chi connectivity index (χ4n) is 4.04.